The number of aliphatic imine (C=N–C) groups is 1. The summed E-state index contributed by atoms with van der Waals surface area (Å²) in [5, 5.41) is 7.61. The van der Waals surface area contributed by atoms with Crippen LogP contribution in [-0.4, -0.2) is 52.1 Å². The molecule has 9 heteroatoms. The molecule has 3 aromatic rings. The highest BCUT2D eigenvalue weighted by Gasteiger charge is 2.56. The molecule has 4 aliphatic rings. The third-order valence-corrected chi connectivity index (χ3v) is 9.99. The summed E-state index contributed by atoms with van der Waals surface area (Å²) in [7, 11) is 0. The van der Waals surface area contributed by atoms with Crippen molar-refractivity contribution in [3.63, 3.8) is 0 Å². The summed E-state index contributed by atoms with van der Waals surface area (Å²) in [5.74, 6) is 1.64. The van der Waals surface area contributed by atoms with Gasteiger partial charge >= 0.3 is 0 Å². The molecule has 218 valence electrons. The zero-order valence-electron chi connectivity index (χ0n) is 24.3. The van der Waals surface area contributed by atoms with Crippen LogP contribution in [-0.2, 0) is 13.0 Å². The Kier molecular flexibility index (Phi) is 7.34. The number of anilines is 1. The molecule has 2 heterocycles. The van der Waals surface area contributed by atoms with Crippen molar-refractivity contribution in [1.82, 2.24) is 19.8 Å². The predicted molar refractivity (Wildman–Crippen MR) is 159 cm³/mol. The third kappa shape index (κ3) is 5.36. The van der Waals surface area contributed by atoms with Crippen LogP contribution in [0.2, 0.25) is 0 Å². The predicted octanol–water partition coefficient (Wildman–Crippen LogP) is 5.05. The summed E-state index contributed by atoms with van der Waals surface area (Å²) in [5.41, 5.74) is 2.01. The minimum absolute atomic E-state index is 0.188. The van der Waals surface area contributed by atoms with Gasteiger partial charge in [0, 0.05) is 44.0 Å². The molecular weight excluding hydrogens is 522 g/mol. The normalized spacial score (nSPS) is 27.5. The molecule has 3 saturated carbocycles. The second-order valence-corrected chi connectivity index (χ2v) is 12.9. The SMILES string of the molecule is C[C@@H]1[C@@H](N=C(Nc2ccc3c(=O)n(CCc4ccc(F)cc4F)cnc3c2)N2CCN[C@H](C)C2)C[C@H]2C[C@@H]1C2(C)C. The minimum atomic E-state index is -0.617. The zero-order chi connectivity index (χ0) is 28.9. The number of rotatable bonds is 5. The molecule has 0 radical (unpaired) electrons. The zero-order valence-corrected chi connectivity index (χ0v) is 24.3. The van der Waals surface area contributed by atoms with Crippen LogP contribution in [0.4, 0.5) is 14.5 Å². The van der Waals surface area contributed by atoms with Crippen molar-refractivity contribution in [3.05, 3.63) is 70.3 Å². The summed E-state index contributed by atoms with van der Waals surface area (Å²) >= 11 is 0. The van der Waals surface area contributed by atoms with Crippen LogP contribution in [0.15, 0.2) is 52.5 Å². The van der Waals surface area contributed by atoms with Crippen molar-refractivity contribution >= 4 is 22.5 Å². The van der Waals surface area contributed by atoms with Gasteiger partial charge < -0.3 is 15.5 Å². The van der Waals surface area contributed by atoms with Crippen LogP contribution in [0.25, 0.3) is 10.9 Å². The van der Waals surface area contributed by atoms with Gasteiger partial charge in [0.2, 0.25) is 0 Å². The molecule has 3 aliphatic carbocycles. The van der Waals surface area contributed by atoms with Gasteiger partial charge in [0.25, 0.3) is 5.56 Å². The Labute approximate surface area is 240 Å². The Hall–Kier alpha value is -3.33. The van der Waals surface area contributed by atoms with Crippen LogP contribution in [0.5, 0.6) is 0 Å². The first-order valence-electron chi connectivity index (χ1n) is 14.9. The fraction of sp³-hybridized carbons (Fsp3) is 0.531. The Morgan fingerprint density at radius 3 is 2.73 bits per heavy atom. The van der Waals surface area contributed by atoms with E-state index in [-0.39, 0.29) is 24.6 Å². The first-order chi connectivity index (χ1) is 19.6. The molecule has 0 spiro atoms. The second kappa shape index (κ2) is 10.8. The van der Waals surface area contributed by atoms with Crippen molar-refractivity contribution in [3.8, 4) is 0 Å². The van der Waals surface area contributed by atoms with Crippen molar-refractivity contribution in [1.29, 1.82) is 0 Å². The quantitative estimate of drug-likeness (QED) is 0.336. The summed E-state index contributed by atoms with van der Waals surface area (Å²) in [6.07, 6.45) is 4.21. The number of fused-ring (bicyclic) bond motifs is 3. The first kappa shape index (κ1) is 27.8. The van der Waals surface area contributed by atoms with Crippen LogP contribution < -0.4 is 16.2 Å². The summed E-state index contributed by atoms with van der Waals surface area (Å²) in [4.78, 5) is 25.4. The maximum atomic E-state index is 14.1. The van der Waals surface area contributed by atoms with Gasteiger partial charge in [0.1, 0.15) is 11.6 Å². The monoisotopic (exact) mass is 562 g/mol. The molecule has 0 amide bonds. The van der Waals surface area contributed by atoms with Crippen molar-refractivity contribution in [2.75, 3.05) is 25.0 Å². The number of hydrogen-bond donors (Lipinski definition) is 2. The molecule has 1 saturated heterocycles. The van der Waals surface area contributed by atoms with Gasteiger partial charge in [0.15, 0.2) is 5.96 Å². The maximum absolute atomic E-state index is 14.1. The molecule has 7 rings (SSSR count). The van der Waals surface area contributed by atoms with Gasteiger partial charge in [-0.25, -0.2) is 18.8 Å². The van der Waals surface area contributed by atoms with Crippen molar-refractivity contribution < 1.29 is 8.78 Å². The summed E-state index contributed by atoms with van der Waals surface area (Å²) < 4.78 is 28.8. The lowest BCUT2D eigenvalue weighted by molar-refractivity contribution is -0.108. The highest BCUT2D eigenvalue weighted by atomic mass is 19.1. The number of aromatic nitrogens is 2. The minimum Gasteiger partial charge on any atom is -0.340 e. The van der Waals surface area contributed by atoms with Gasteiger partial charge in [-0.15, -0.1) is 0 Å². The summed E-state index contributed by atoms with van der Waals surface area (Å²) in [6.45, 7) is 12.3. The molecular formula is C32H40F2N6O. The number of guanidine groups is 1. The molecule has 4 fully saturated rings. The average Bonchev–Trinajstić information content (AvgIpc) is 2.94. The smallest absolute Gasteiger partial charge is 0.261 e. The number of nitrogens with zero attached hydrogens (tertiary/aromatic N) is 4. The molecule has 1 aliphatic heterocycles. The van der Waals surface area contributed by atoms with Crippen LogP contribution in [0.1, 0.15) is 46.1 Å². The van der Waals surface area contributed by atoms with E-state index in [1.807, 2.05) is 12.1 Å². The number of nitrogens with one attached hydrogen (secondary N) is 2. The van der Waals surface area contributed by atoms with E-state index < -0.39 is 11.6 Å². The fourth-order valence-electron chi connectivity index (χ4n) is 7.26. The number of hydrogen-bond acceptors (Lipinski definition) is 4. The average molecular weight is 563 g/mol. The van der Waals surface area contributed by atoms with Gasteiger partial charge in [-0.3, -0.25) is 9.36 Å². The first-order valence-corrected chi connectivity index (χ1v) is 14.9. The largest absolute Gasteiger partial charge is 0.340 e. The van der Waals surface area contributed by atoms with E-state index >= 15 is 0 Å². The topological polar surface area (TPSA) is 74.5 Å². The Balaban J connectivity index is 1.23. The van der Waals surface area contributed by atoms with Crippen molar-refractivity contribution in [2.24, 2.45) is 28.2 Å². The molecule has 2 N–H and O–H groups in total. The second-order valence-electron chi connectivity index (χ2n) is 12.9. The molecule has 7 nitrogen and oxygen atoms in total. The van der Waals surface area contributed by atoms with Crippen LogP contribution in [0, 0.1) is 34.8 Å². The third-order valence-electron chi connectivity index (χ3n) is 9.99. The van der Waals surface area contributed by atoms with Gasteiger partial charge in [-0.1, -0.05) is 26.8 Å². The molecule has 0 unspecified atom stereocenters. The highest BCUT2D eigenvalue weighted by molar-refractivity contribution is 5.96. The Morgan fingerprint density at radius 1 is 1.17 bits per heavy atom. The number of benzene rings is 2. The van der Waals surface area contributed by atoms with E-state index in [0.29, 0.717) is 39.8 Å². The molecule has 2 bridgehead atoms. The fourth-order valence-corrected chi connectivity index (χ4v) is 7.26. The number of aryl methyl sites for hydroxylation is 2. The lowest BCUT2D eigenvalue weighted by Gasteiger charge is -2.61. The van der Waals surface area contributed by atoms with E-state index in [9.17, 15) is 13.6 Å². The van der Waals surface area contributed by atoms with Crippen LogP contribution >= 0.6 is 0 Å². The van der Waals surface area contributed by atoms with E-state index in [2.05, 4.69) is 48.2 Å². The standard InChI is InChI=1S/C32H40F2N6O/c1-19-17-39(12-10-35-19)31(38-28-14-22-13-26(20(28)2)32(22,3)4)37-24-7-8-25-29(16-24)36-18-40(30(25)41)11-9-21-5-6-23(33)15-27(21)34/h5-8,15-16,18-20,22,26,28,35H,9-14,17H2,1-4H3,(H,37,38)/t19-,20+,22-,26+,28+/m1/s1. The van der Waals surface area contributed by atoms with E-state index in [0.717, 1.165) is 49.7 Å². The number of piperazine rings is 1. The van der Waals surface area contributed by atoms with Crippen LogP contribution in [0.3, 0.4) is 0 Å². The maximum Gasteiger partial charge on any atom is 0.261 e. The number of halogens is 2. The highest BCUT2D eigenvalue weighted by Crippen LogP contribution is 2.61. The van der Waals surface area contributed by atoms with E-state index in [1.54, 1.807) is 6.07 Å². The molecule has 41 heavy (non-hydrogen) atoms. The van der Waals surface area contributed by atoms with Gasteiger partial charge in [-0.2, -0.15) is 0 Å². The molecule has 1 aromatic heterocycles. The van der Waals surface area contributed by atoms with Gasteiger partial charge in [0.05, 0.1) is 23.3 Å². The molecule has 5 atom stereocenters. The lowest BCUT2D eigenvalue weighted by atomic mass is 9.45. The Morgan fingerprint density at radius 2 is 2.00 bits per heavy atom. The lowest BCUT2D eigenvalue weighted by Crippen LogP contribution is -2.57. The summed E-state index contributed by atoms with van der Waals surface area (Å²) in [6, 6.07) is 9.75. The Bertz CT molecular complexity index is 1530. The van der Waals surface area contributed by atoms with Crippen molar-refractivity contribution in [2.45, 2.75) is 65.6 Å². The van der Waals surface area contributed by atoms with E-state index in [1.165, 1.54) is 29.4 Å². The van der Waals surface area contributed by atoms with Gasteiger partial charge in [-0.05, 0) is 79.2 Å². The van der Waals surface area contributed by atoms with E-state index in [4.69, 9.17) is 4.99 Å². The molecule has 2 aromatic carbocycles.